The first kappa shape index (κ1) is 4.07. The third-order valence-corrected chi connectivity index (χ3v) is 1.52. The standard InChI is InChI=1S/C7H8N/c1-2-4-7-6-8(7)5-3-1/h1-3,5H,4,6H2/q+1. The van der Waals surface area contributed by atoms with E-state index in [1.54, 1.807) is 5.71 Å². The van der Waals surface area contributed by atoms with Gasteiger partial charge in [0.1, 0.15) is 0 Å². The van der Waals surface area contributed by atoms with Crippen molar-refractivity contribution in [3.8, 4) is 0 Å². The lowest BCUT2D eigenvalue weighted by Gasteiger charge is -1.67. The first-order valence-corrected chi connectivity index (χ1v) is 2.91. The molecule has 0 amide bonds. The van der Waals surface area contributed by atoms with Gasteiger partial charge in [-0.05, 0) is 0 Å². The molecular formula is C7H8N+. The molecule has 0 saturated heterocycles. The van der Waals surface area contributed by atoms with E-state index in [1.165, 1.54) is 6.54 Å². The van der Waals surface area contributed by atoms with Crippen LogP contribution in [0.4, 0.5) is 0 Å². The third kappa shape index (κ3) is 0.513. The Hall–Kier alpha value is -0.850. The Morgan fingerprint density at radius 2 is 2.38 bits per heavy atom. The number of rotatable bonds is 0. The normalized spacial score (nSPS) is 23.0. The molecule has 0 unspecified atom stereocenters. The van der Waals surface area contributed by atoms with Gasteiger partial charge in [-0.1, -0.05) is 12.2 Å². The van der Waals surface area contributed by atoms with E-state index in [-0.39, 0.29) is 0 Å². The highest BCUT2D eigenvalue weighted by atomic mass is 15.1. The fourth-order valence-corrected chi connectivity index (χ4v) is 0.937. The number of hydrogen-bond acceptors (Lipinski definition) is 0. The van der Waals surface area contributed by atoms with E-state index in [2.05, 4.69) is 29.0 Å². The lowest BCUT2D eigenvalue weighted by Crippen LogP contribution is -1.74. The molecule has 2 aliphatic heterocycles. The fourth-order valence-electron chi connectivity index (χ4n) is 0.937. The van der Waals surface area contributed by atoms with Gasteiger partial charge in [0.2, 0.25) is 12.3 Å². The molecule has 0 aliphatic carbocycles. The van der Waals surface area contributed by atoms with E-state index in [1.807, 2.05) is 0 Å². The van der Waals surface area contributed by atoms with Gasteiger partial charge in [-0.15, -0.1) is 0 Å². The van der Waals surface area contributed by atoms with Gasteiger partial charge >= 0.3 is 0 Å². The first-order valence-electron chi connectivity index (χ1n) is 2.91. The highest BCUT2D eigenvalue weighted by Gasteiger charge is 2.29. The highest BCUT2D eigenvalue weighted by Crippen LogP contribution is 2.07. The van der Waals surface area contributed by atoms with Crippen molar-refractivity contribution in [2.24, 2.45) is 0 Å². The second kappa shape index (κ2) is 1.31. The van der Waals surface area contributed by atoms with Crippen LogP contribution in [-0.2, 0) is 0 Å². The van der Waals surface area contributed by atoms with Crippen LogP contribution >= 0.6 is 0 Å². The molecule has 0 radical (unpaired) electrons. The zero-order valence-electron chi connectivity index (χ0n) is 4.67. The van der Waals surface area contributed by atoms with Crippen molar-refractivity contribution in [3.05, 3.63) is 24.4 Å². The molecule has 0 aromatic rings. The molecule has 0 fully saturated rings. The van der Waals surface area contributed by atoms with Crippen molar-refractivity contribution in [3.63, 3.8) is 0 Å². The molecule has 0 aromatic carbocycles. The van der Waals surface area contributed by atoms with Crippen LogP contribution in [0.5, 0.6) is 0 Å². The molecule has 40 valence electrons. The summed E-state index contributed by atoms with van der Waals surface area (Å²) in [6, 6.07) is 0. The lowest BCUT2D eigenvalue weighted by molar-refractivity contribution is -0.360. The molecule has 2 heterocycles. The lowest BCUT2D eigenvalue weighted by atomic mass is 10.3. The number of nitrogens with zero attached hydrogens (tertiary/aromatic N) is 1. The van der Waals surface area contributed by atoms with Crippen LogP contribution in [0.25, 0.3) is 0 Å². The topological polar surface area (TPSA) is 3.01 Å². The summed E-state index contributed by atoms with van der Waals surface area (Å²) in [7, 11) is 0. The molecule has 1 heteroatoms. The minimum absolute atomic E-state index is 1.16. The van der Waals surface area contributed by atoms with Gasteiger partial charge in [0.25, 0.3) is 0 Å². The zero-order valence-corrected chi connectivity index (χ0v) is 4.67. The molecular weight excluding hydrogens is 98.1 g/mol. The minimum Gasteiger partial charge on any atom is -0.190 e. The maximum atomic E-state index is 2.26. The Morgan fingerprint density at radius 3 is 3.38 bits per heavy atom. The Morgan fingerprint density at radius 1 is 1.38 bits per heavy atom. The molecule has 0 N–H and O–H groups in total. The average molecular weight is 106 g/mol. The molecule has 0 aromatic heterocycles. The Kier molecular flexibility index (Phi) is 0.668. The molecule has 0 saturated carbocycles. The van der Waals surface area contributed by atoms with Gasteiger partial charge in [-0.2, -0.15) is 4.58 Å². The summed E-state index contributed by atoms with van der Waals surface area (Å²) < 4.78 is 2.26. The van der Waals surface area contributed by atoms with Crippen LogP contribution in [0.3, 0.4) is 0 Å². The summed E-state index contributed by atoms with van der Waals surface area (Å²) in [6.07, 6.45) is 9.66. The SMILES string of the molecule is C1=CCC2=[N+](C=C1)C2. The first-order chi connectivity index (χ1) is 3.97. The van der Waals surface area contributed by atoms with Gasteiger partial charge in [-0.25, -0.2) is 0 Å². The summed E-state index contributed by atoms with van der Waals surface area (Å²) in [5, 5.41) is 0. The van der Waals surface area contributed by atoms with Crippen molar-refractivity contribution in [1.82, 2.24) is 0 Å². The summed E-state index contributed by atoms with van der Waals surface area (Å²) in [5.74, 6) is 0. The largest absolute Gasteiger partial charge is 0.227 e. The smallest absolute Gasteiger partial charge is 0.190 e. The maximum Gasteiger partial charge on any atom is 0.227 e. The number of allylic oxidation sites excluding steroid dienone is 3. The quantitative estimate of drug-likeness (QED) is 0.404. The van der Waals surface area contributed by atoms with Gasteiger partial charge in [0.05, 0.1) is 6.42 Å². The van der Waals surface area contributed by atoms with Crippen LogP contribution in [-0.4, -0.2) is 16.8 Å². The Balaban J connectivity index is 2.30. The van der Waals surface area contributed by atoms with E-state index in [4.69, 9.17) is 0 Å². The second-order valence-corrected chi connectivity index (χ2v) is 2.17. The maximum absolute atomic E-state index is 2.26. The summed E-state index contributed by atoms with van der Waals surface area (Å²) in [6.45, 7) is 1.20. The zero-order chi connectivity index (χ0) is 5.40. The third-order valence-electron chi connectivity index (χ3n) is 1.52. The second-order valence-electron chi connectivity index (χ2n) is 2.17. The van der Waals surface area contributed by atoms with E-state index >= 15 is 0 Å². The summed E-state index contributed by atoms with van der Waals surface area (Å²) >= 11 is 0. The van der Waals surface area contributed by atoms with Crippen LogP contribution in [0.2, 0.25) is 0 Å². The Labute approximate surface area is 48.6 Å². The molecule has 0 bridgehead atoms. The van der Waals surface area contributed by atoms with Crippen molar-refractivity contribution in [2.75, 3.05) is 6.54 Å². The fraction of sp³-hybridized carbons (Fsp3) is 0.286. The van der Waals surface area contributed by atoms with E-state index in [0.717, 1.165) is 6.42 Å². The van der Waals surface area contributed by atoms with E-state index in [9.17, 15) is 0 Å². The summed E-state index contributed by atoms with van der Waals surface area (Å²) in [5.41, 5.74) is 1.55. The van der Waals surface area contributed by atoms with Crippen LogP contribution in [0.15, 0.2) is 24.4 Å². The van der Waals surface area contributed by atoms with E-state index < -0.39 is 0 Å². The Bertz CT molecular complexity index is 196. The molecule has 2 aliphatic rings. The van der Waals surface area contributed by atoms with Crippen LogP contribution in [0, 0.1) is 0 Å². The molecule has 8 heavy (non-hydrogen) atoms. The predicted molar refractivity (Wildman–Crippen MR) is 33.0 cm³/mol. The number of hydrogen-bond donors (Lipinski definition) is 0. The van der Waals surface area contributed by atoms with Gasteiger partial charge in [0, 0.05) is 6.08 Å². The van der Waals surface area contributed by atoms with Crippen molar-refractivity contribution < 1.29 is 4.58 Å². The van der Waals surface area contributed by atoms with Crippen molar-refractivity contribution >= 4 is 5.71 Å². The predicted octanol–water partition coefficient (Wildman–Crippen LogP) is 0.927. The molecule has 0 atom stereocenters. The molecule has 2 rings (SSSR count). The van der Waals surface area contributed by atoms with Gasteiger partial charge < -0.3 is 0 Å². The van der Waals surface area contributed by atoms with Crippen molar-refractivity contribution in [1.29, 1.82) is 0 Å². The average Bonchev–Trinajstić information content (AvgIpc) is 2.36. The summed E-state index contributed by atoms with van der Waals surface area (Å²) in [4.78, 5) is 0. The highest BCUT2D eigenvalue weighted by molar-refractivity contribution is 5.89. The van der Waals surface area contributed by atoms with Crippen LogP contribution < -0.4 is 0 Å². The van der Waals surface area contributed by atoms with Crippen molar-refractivity contribution in [2.45, 2.75) is 6.42 Å². The van der Waals surface area contributed by atoms with Crippen LogP contribution in [0.1, 0.15) is 6.42 Å². The van der Waals surface area contributed by atoms with Gasteiger partial charge in [0.15, 0.2) is 6.20 Å². The van der Waals surface area contributed by atoms with E-state index in [0.29, 0.717) is 0 Å². The molecule has 0 spiro atoms. The molecule has 1 nitrogen and oxygen atoms in total. The van der Waals surface area contributed by atoms with Gasteiger partial charge in [-0.3, -0.25) is 0 Å². The minimum atomic E-state index is 1.16. The monoisotopic (exact) mass is 106 g/mol.